The molecule has 0 spiro atoms. The van der Waals surface area contributed by atoms with E-state index in [-0.39, 0.29) is 11.8 Å². The van der Waals surface area contributed by atoms with Gasteiger partial charge in [-0.2, -0.15) is 0 Å². The van der Waals surface area contributed by atoms with E-state index in [9.17, 15) is 9.59 Å². The number of aryl methyl sites for hydroxylation is 1. The summed E-state index contributed by atoms with van der Waals surface area (Å²) < 4.78 is 5.28. The van der Waals surface area contributed by atoms with Gasteiger partial charge < -0.3 is 20.3 Å². The summed E-state index contributed by atoms with van der Waals surface area (Å²) in [5.74, 6) is 0.319. The number of anilines is 1. The second kappa shape index (κ2) is 9.00. The summed E-state index contributed by atoms with van der Waals surface area (Å²) >= 11 is 0. The summed E-state index contributed by atoms with van der Waals surface area (Å²) in [4.78, 5) is 30.6. The molecule has 2 heterocycles. The topological polar surface area (TPSA) is 79.1 Å². The smallest absolute Gasteiger partial charge is 0.236 e. The van der Waals surface area contributed by atoms with Crippen LogP contribution in [0.5, 0.6) is 0 Å². The lowest BCUT2D eigenvalue weighted by Crippen LogP contribution is -2.52. The van der Waals surface area contributed by atoms with Crippen LogP contribution in [0.1, 0.15) is 12.0 Å². The standard InChI is InChI=1S/C19H28N4O3/c20-17-4-2-1-3-16(17)5-6-18(24)22-9-7-21(8-10-22)15-19(25)23-11-13-26-14-12-23/h1-4H,5-15,20H2. The maximum Gasteiger partial charge on any atom is 0.236 e. The van der Waals surface area contributed by atoms with Crippen molar-refractivity contribution in [1.29, 1.82) is 0 Å². The highest BCUT2D eigenvalue weighted by molar-refractivity contribution is 5.79. The Kier molecular flexibility index (Phi) is 6.46. The number of nitrogens with two attached hydrogens (primary N) is 1. The number of morpholine rings is 1. The van der Waals surface area contributed by atoms with Crippen LogP contribution in [0.4, 0.5) is 5.69 Å². The average molecular weight is 360 g/mol. The number of amides is 2. The number of nitrogens with zero attached hydrogens (tertiary/aromatic N) is 3. The molecule has 1 aromatic rings. The Labute approximate surface area is 154 Å². The molecule has 26 heavy (non-hydrogen) atoms. The number of rotatable bonds is 5. The van der Waals surface area contributed by atoms with Crippen LogP contribution >= 0.6 is 0 Å². The SMILES string of the molecule is Nc1ccccc1CCC(=O)N1CCN(CC(=O)N2CCOCC2)CC1. The molecule has 1 aromatic carbocycles. The van der Waals surface area contributed by atoms with Crippen molar-refractivity contribution in [2.75, 3.05) is 64.8 Å². The van der Waals surface area contributed by atoms with E-state index in [4.69, 9.17) is 10.5 Å². The second-order valence-corrected chi connectivity index (χ2v) is 6.85. The van der Waals surface area contributed by atoms with Crippen LogP contribution in [0, 0.1) is 0 Å². The van der Waals surface area contributed by atoms with Crippen LogP contribution in [-0.4, -0.2) is 85.5 Å². The van der Waals surface area contributed by atoms with Gasteiger partial charge in [-0.25, -0.2) is 0 Å². The molecule has 2 N–H and O–H groups in total. The predicted octanol–water partition coefficient (Wildman–Crippen LogP) is 0.204. The van der Waals surface area contributed by atoms with Crippen molar-refractivity contribution in [3.63, 3.8) is 0 Å². The summed E-state index contributed by atoms with van der Waals surface area (Å²) in [6, 6.07) is 7.68. The third kappa shape index (κ3) is 4.95. The molecule has 2 aliphatic heterocycles. The van der Waals surface area contributed by atoms with Crippen LogP contribution in [0.2, 0.25) is 0 Å². The van der Waals surface area contributed by atoms with Gasteiger partial charge in [0.05, 0.1) is 19.8 Å². The molecule has 2 fully saturated rings. The van der Waals surface area contributed by atoms with Crippen LogP contribution in [0.15, 0.2) is 24.3 Å². The minimum atomic E-state index is 0.160. The number of piperazine rings is 1. The van der Waals surface area contributed by atoms with Crippen molar-refractivity contribution < 1.29 is 14.3 Å². The van der Waals surface area contributed by atoms with Crippen LogP contribution in [0.25, 0.3) is 0 Å². The first-order valence-corrected chi connectivity index (χ1v) is 9.32. The lowest BCUT2D eigenvalue weighted by atomic mass is 10.1. The maximum atomic E-state index is 12.4. The summed E-state index contributed by atoms with van der Waals surface area (Å²) in [5, 5.41) is 0. The number of hydrogen-bond acceptors (Lipinski definition) is 5. The zero-order valence-electron chi connectivity index (χ0n) is 15.2. The van der Waals surface area contributed by atoms with E-state index in [0.29, 0.717) is 58.8 Å². The highest BCUT2D eigenvalue weighted by Crippen LogP contribution is 2.14. The number of carbonyl (C=O) groups excluding carboxylic acids is 2. The van der Waals surface area contributed by atoms with Gasteiger partial charge in [0.1, 0.15) is 0 Å². The number of ether oxygens (including phenoxy) is 1. The summed E-state index contributed by atoms with van der Waals surface area (Å²) in [5.41, 5.74) is 7.70. The lowest BCUT2D eigenvalue weighted by molar-refractivity contribution is -0.137. The Bertz CT molecular complexity index is 623. The Morgan fingerprint density at radius 2 is 1.58 bits per heavy atom. The van der Waals surface area contributed by atoms with Gasteiger partial charge >= 0.3 is 0 Å². The van der Waals surface area contributed by atoms with E-state index in [0.717, 1.165) is 24.3 Å². The molecule has 0 bridgehead atoms. The fourth-order valence-electron chi connectivity index (χ4n) is 3.42. The largest absolute Gasteiger partial charge is 0.399 e. The minimum Gasteiger partial charge on any atom is -0.399 e. The normalized spacial score (nSPS) is 18.8. The van der Waals surface area contributed by atoms with Crippen molar-refractivity contribution in [2.45, 2.75) is 12.8 Å². The van der Waals surface area contributed by atoms with E-state index in [1.54, 1.807) is 0 Å². The van der Waals surface area contributed by atoms with Gasteiger partial charge in [-0.05, 0) is 18.1 Å². The molecule has 7 heteroatoms. The van der Waals surface area contributed by atoms with Crippen molar-refractivity contribution in [1.82, 2.24) is 14.7 Å². The highest BCUT2D eigenvalue weighted by atomic mass is 16.5. The quantitative estimate of drug-likeness (QED) is 0.759. The van der Waals surface area contributed by atoms with E-state index in [1.807, 2.05) is 34.1 Å². The fraction of sp³-hybridized carbons (Fsp3) is 0.579. The van der Waals surface area contributed by atoms with Gasteiger partial charge in [-0.15, -0.1) is 0 Å². The molecular weight excluding hydrogens is 332 g/mol. The molecule has 0 radical (unpaired) electrons. The molecule has 0 aliphatic carbocycles. The number of hydrogen-bond donors (Lipinski definition) is 1. The molecule has 0 atom stereocenters. The molecule has 7 nitrogen and oxygen atoms in total. The third-order valence-corrected chi connectivity index (χ3v) is 5.11. The Balaban J connectivity index is 1.39. The zero-order chi connectivity index (χ0) is 18.4. The highest BCUT2D eigenvalue weighted by Gasteiger charge is 2.24. The lowest BCUT2D eigenvalue weighted by Gasteiger charge is -2.36. The van der Waals surface area contributed by atoms with Crippen LogP contribution in [0.3, 0.4) is 0 Å². The van der Waals surface area contributed by atoms with Gasteiger partial charge in [0.2, 0.25) is 11.8 Å². The summed E-state index contributed by atoms with van der Waals surface area (Å²) in [6.45, 7) is 5.89. The average Bonchev–Trinajstić information content (AvgIpc) is 2.68. The van der Waals surface area contributed by atoms with Gasteiger partial charge in [0.15, 0.2) is 0 Å². The first kappa shape index (κ1) is 18.7. The number of benzene rings is 1. The van der Waals surface area contributed by atoms with E-state index in [2.05, 4.69) is 4.90 Å². The number of nitrogen functional groups attached to an aromatic ring is 1. The Morgan fingerprint density at radius 3 is 2.27 bits per heavy atom. The molecule has 2 saturated heterocycles. The monoisotopic (exact) mass is 360 g/mol. The summed E-state index contributed by atoms with van der Waals surface area (Å²) in [6.07, 6.45) is 1.14. The number of carbonyl (C=O) groups is 2. The molecule has 0 unspecified atom stereocenters. The molecule has 0 saturated carbocycles. The van der Waals surface area contributed by atoms with Gasteiger partial charge in [0, 0.05) is 51.4 Å². The fourth-order valence-corrected chi connectivity index (χ4v) is 3.42. The molecule has 142 valence electrons. The molecular formula is C19H28N4O3. The van der Waals surface area contributed by atoms with Crippen molar-refractivity contribution in [3.8, 4) is 0 Å². The van der Waals surface area contributed by atoms with E-state index < -0.39 is 0 Å². The van der Waals surface area contributed by atoms with E-state index >= 15 is 0 Å². The maximum absolute atomic E-state index is 12.4. The molecule has 2 amide bonds. The van der Waals surface area contributed by atoms with Crippen molar-refractivity contribution in [3.05, 3.63) is 29.8 Å². The van der Waals surface area contributed by atoms with Gasteiger partial charge in [-0.3, -0.25) is 14.5 Å². The van der Waals surface area contributed by atoms with Crippen LogP contribution < -0.4 is 5.73 Å². The number of para-hydroxylation sites is 1. The Hall–Kier alpha value is -2.12. The molecule has 3 rings (SSSR count). The van der Waals surface area contributed by atoms with E-state index in [1.165, 1.54) is 0 Å². The first-order valence-electron chi connectivity index (χ1n) is 9.32. The first-order chi connectivity index (χ1) is 12.6. The van der Waals surface area contributed by atoms with Crippen molar-refractivity contribution in [2.24, 2.45) is 0 Å². The predicted molar refractivity (Wildman–Crippen MR) is 99.6 cm³/mol. The minimum absolute atomic E-state index is 0.160. The van der Waals surface area contributed by atoms with Gasteiger partial charge in [-0.1, -0.05) is 18.2 Å². The Morgan fingerprint density at radius 1 is 0.923 bits per heavy atom. The second-order valence-electron chi connectivity index (χ2n) is 6.85. The van der Waals surface area contributed by atoms with Gasteiger partial charge in [0.25, 0.3) is 0 Å². The van der Waals surface area contributed by atoms with Crippen molar-refractivity contribution >= 4 is 17.5 Å². The zero-order valence-corrected chi connectivity index (χ0v) is 15.2. The summed E-state index contributed by atoms with van der Waals surface area (Å²) in [7, 11) is 0. The van der Waals surface area contributed by atoms with Crippen LogP contribution in [-0.2, 0) is 20.7 Å². The third-order valence-electron chi connectivity index (χ3n) is 5.11. The molecule has 0 aromatic heterocycles. The molecule has 2 aliphatic rings.